The van der Waals surface area contributed by atoms with Crippen LogP contribution in [-0.2, 0) is 5.41 Å². The Hall–Kier alpha value is -1.04. The van der Waals surface area contributed by atoms with Gasteiger partial charge in [0.15, 0.2) is 0 Å². The molecule has 1 aromatic rings. The van der Waals surface area contributed by atoms with Gasteiger partial charge in [0.1, 0.15) is 0 Å². The summed E-state index contributed by atoms with van der Waals surface area (Å²) >= 11 is 0. The predicted octanol–water partition coefficient (Wildman–Crippen LogP) is 6.18. The number of hydrogen-bond donors (Lipinski definition) is 0. The average Bonchev–Trinajstić information content (AvgIpc) is 2.36. The third-order valence-electron chi connectivity index (χ3n) is 4.63. The molecule has 0 heteroatoms. The van der Waals surface area contributed by atoms with Crippen LogP contribution < -0.4 is 0 Å². The normalized spacial score (nSPS) is 13.7. The van der Waals surface area contributed by atoms with E-state index in [9.17, 15) is 0 Å². The van der Waals surface area contributed by atoms with Crippen LogP contribution in [0.4, 0.5) is 0 Å². The highest BCUT2D eigenvalue weighted by Crippen LogP contribution is 2.38. The van der Waals surface area contributed by atoms with E-state index in [1.165, 1.54) is 28.7 Å². The van der Waals surface area contributed by atoms with Crippen LogP contribution in [-0.4, -0.2) is 0 Å². The molecule has 19 heavy (non-hydrogen) atoms. The van der Waals surface area contributed by atoms with Gasteiger partial charge in [0.2, 0.25) is 0 Å². The highest BCUT2D eigenvalue weighted by molar-refractivity contribution is 5.44. The summed E-state index contributed by atoms with van der Waals surface area (Å²) in [6.45, 7) is 20.0. The Kier molecular flexibility index (Phi) is 5.01. The standard InChI is InChI=1S/C19H30/c1-9-15(6)17-11-10-16(13(2)3)12-18(17)19(7,8)14(4)5/h10-13,15H,4,9H2,1-3,5-8H3. The molecule has 0 spiro atoms. The molecule has 0 radical (unpaired) electrons. The Labute approximate surface area is 119 Å². The second kappa shape index (κ2) is 5.94. The van der Waals surface area contributed by atoms with Crippen LogP contribution in [0, 0.1) is 0 Å². The minimum atomic E-state index is 0.0453. The average molecular weight is 258 g/mol. The van der Waals surface area contributed by atoms with E-state index >= 15 is 0 Å². The molecule has 0 bridgehead atoms. The molecule has 106 valence electrons. The van der Waals surface area contributed by atoms with E-state index in [2.05, 4.69) is 73.2 Å². The lowest BCUT2D eigenvalue weighted by atomic mass is 9.73. The zero-order chi connectivity index (χ0) is 14.8. The van der Waals surface area contributed by atoms with E-state index in [-0.39, 0.29) is 5.41 Å². The summed E-state index contributed by atoms with van der Waals surface area (Å²) in [5.74, 6) is 1.18. The van der Waals surface area contributed by atoms with Crippen LogP contribution in [0.25, 0.3) is 0 Å². The zero-order valence-electron chi connectivity index (χ0n) is 13.8. The Morgan fingerprint density at radius 1 is 1.21 bits per heavy atom. The summed E-state index contributed by atoms with van der Waals surface area (Å²) in [7, 11) is 0. The lowest BCUT2D eigenvalue weighted by Gasteiger charge is -2.31. The molecule has 1 rings (SSSR count). The zero-order valence-corrected chi connectivity index (χ0v) is 13.8. The summed E-state index contributed by atoms with van der Waals surface area (Å²) < 4.78 is 0. The van der Waals surface area contributed by atoms with Crippen LogP contribution in [0.15, 0.2) is 30.4 Å². The van der Waals surface area contributed by atoms with Gasteiger partial charge in [0.05, 0.1) is 0 Å². The molecule has 0 aliphatic heterocycles. The maximum Gasteiger partial charge on any atom is 0.0103 e. The minimum Gasteiger partial charge on any atom is -0.0993 e. The molecule has 0 aliphatic carbocycles. The second-order valence-electron chi connectivity index (χ2n) is 6.72. The first-order valence-corrected chi connectivity index (χ1v) is 7.52. The quantitative estimate of drug-likeness (QED) is 0.553. The van der Waals surface area contributed by atoms with E-state index in [0.717, 1.165) is 0 Å². The van der Waals surface area contributed by atoms with Gasteiger partial charge in [-0.05, 0) is 41.9 Å². The minimum absolute atomic E-state index is 0.0453. The molecule has 0 saturated carbocycles. The first-order valence-electron chi connectivity index (χ1n) is 7.52. The second-order valence-corrected chi connectivity index (χ2v) is 6.72. The molecule has 0 fully saturated rings. The van der Waals surface area contributed by atoms with Gasteiger partial charge >= 0.3 is 0 Å². The van der Waals surface area contributed by atoms with Crippen molar-refractivity contribution in [2.24, 2.45) is 0 Å². The van der Waals surface area contributed by atoms with Gasteiger partial charge < -0.3 is 0 Å². The number of allylic oxidation sites excluding steroid dienone is 1. The summed E-state index contributed by atoms with van der Waals surface area (Å²) in [5.41, 5.74) is 5.65. The Morgan fingerprint density at radius 2 is 1.79 bits per heavy atom. The molecule has 0 nitrogen and oxygen atoms in total. The monoisotopic (exact) mass is 258 g/mol. The molecule has 0 saturated heterocycles. The molecule has 0 heterocycles. The molecule has 0 aromatic heterocycles. The third kappa shape index (κ3) is 3.29. The van der Waals surface area contributed by atoms with Crippen LogP contribution in [0.2, 0.25) is 0 Å². The summed E-state index contributed by atoms with van der Waals surface area (Å²) in [6, 6.07) is 7.04. The molecular formula is C19H30. The van der Waals surface area contributed by atoms with Crippen LogP contribution >= 0.6 is 0 Å². The van der Waals surface area contributed by atoms with Gasteiger partial charge in [0.25, 0.3) is 0 Å². The Morgan fingerprint density at radius 3 is 2.21 bits per heavy atom. The van der Waals surface area contributed by atoms with E-state index < -0.39 is 0 Å². The molecule has 0 N–H and O–H groups in total. The van der Waals surface area contributed by atoms with Crippen molar-refractivity contribution in [3.8, 4) is 0 Å². The third-order valence-corrected chi connectivity index (χ3v) is 4.63. The Balaban J connectivity index is 3.46. The maximum absolute atomic E-state index is 4.20. The van der Waals surface area contributed by atoms with E-state index in [4.69, 9.17) is 0 Å². The summed E-state index contributed by atoms with van der Waals surface area (Å²) in [5, 5.41) is 0. The fourth-order valence-corrected chi connectivity index (χ4v) is 2.35. The molecule has 1 unspecified atom stereocenters. The molecule has 0 amide bonds. The summed E-state index contributed by atoms with van der Waals surface area (Å²) in [6.07, 6.45) is 1.18. The highest BCUT2D eigenvalue weighted by Gasteiger charge is 2.26. The fourth-order valence-electron chi connectivity index (χ4n) is 2.35. The van der Waals surface area contributed by atoms with Gasteiger partial charge in [0, 0.05) is 5.41 Å². The molecule has 1 aromatic carbocycles. The van der Waals surface area contributed by atoms with Gasteiger partial charge in [-0.25, -0.2) is 0 Å². The van der Waals surface area contributed by atoms with Crippen molar-refractivity contribution in [1.82, 2.24) is 0 Å². The lowest BCUT2D eigenvalue weighted by Crippen LogP contribution is -2.21. The molecule has 0 aliphatic rings. The first kappa shape index (κ1) is 16.0. The van der Waals surface area contributed by atoms with Crippen LogP contribution in [0.1, 0.15) is 83.4 Å². The van der Waals surface area contributed by atoms with Crippen molar-refractivity contribution in [2.45, 2.75) is 72.1 Å². The van der Waals surface area contributed by atoms with Gasteiger partial charge in [-0.15, -0.1) is 0 Å². The number of rotatable bonds is 5. The van der Waals surface area contributed by atoms with Crippen molar-refractivity contribution in [3.05, 3.63) is 47.0 Å². The van der Waals surface area contributed by atoms with Crippen molar-refractivity contribution in [3.63, 3.8) is 0 Å². The smallest absolute Gasteiger partial charge is 0.0103 e. The topological polar surface area (TPSA) is 0 Å². The summed E-state index contributed by atoms with van der Waals surface area (Å²) in [4.78, 5) is 0. The predicted molar refractivity (Wildman–Crippen MR) is 87.1 cm³/mol. The van der Waals surface area contributed by atoms with Crippen molar-refractivity contribution < 1.29 is 0 Å². The molecular weight excluding hydrogens is 228 g/mol. The van der Waals surface area contributed by atoms with Crippen molar-refractivity contribution in [1.29, 1.82) is 0 Å². The number of benzene rings is 1. The molecule has 1 atom stereocenters. The number of hydrogen-bond acceptors (Lipinski definition) is 0. The van der Waals surface area contributed by atoms with E-state index in [1.54, 1.807) is 0 Å². The first-order chi connectivity index (χ1) is 8.71. The SMILES string of the molecule is C=C(C)C(C)(C)c1cc(C(C)C)ccc1C(C)CC. The van der Waals surface area contributed by atoms with E-state index in [0.29, 0.717) is 11.8 Å². The maximum atomic E-state index is 4.20. The van der Waals surface area contributed by atoms with Gasteiger partial charge in [-0.2, -0.15) is 0 Å². The lowest BCUT2D eigenvalue weighted by molar-refractivity contribution is 0.598. The fraction of sp³-hybridized carbons (Fsp3) is 0.579. The highest BCUT2D eigenvalue weighted by atomic mass is 14.3. The van der Waals surface area contributed by atoms with Gasteiger partial charge in [-0.3, -0.25) is 0 Å². The van der Waals surface area contributed by atoms with Crippen molar-refractivity contribution >= 4 is 0 Å². The van der Waals surface area contributed by atoms with Crippen molar-refractivity contribution in [2.75, 3.05) is 0 Å². The Bertz CT molecular complexity index is 449. The van der Waals surface area contributed by atoms with E-state index in [1.807, 2.05) is 0 Å². The van der Waals surface area contributed by atoms with Crippen LogP contribution in [0.3, 0.4) is 0 Å². The largest absolute Gasteiger partial charge is 0.0993 e. The van der Waals surface area contributed by atoms with Gasteiger partial charge in [-0.1, -0.05) is 71.9 Å². The van der Waals surface area contributed by atoms with Crippen LogP contribution in [0.5, 0.6) is 0 Å².